The van der Waals surface area contributed by atoms with Crippen LogP contribution in [0.3, 0.4) is 0 Å². The summed E-state index contributed by atoms with van der Waals surface area (Å²) in [5.74, 6) is 0.234. The van der Waals surface area contributed by atoms with Crippen molar-refractivity contribution in [2.24, 2.45) is 0 Å². The highest BCUT2D eigenvalue weighted by atomic mass is 16.1. The second-order valence-electron chi connectivity index (χ2n) is 6.11. The molecule has 2 aromatic carbocycles. The maximum Gasteiger partial charge on any atom is 0.177 e. The summed E-state index contributed by atoms with van der Waals surface area (Å²) in [6.45, 7) is 8.40. The molecule has 1 heterocycles. The smallest absolute Gasteiger partial charge is 0.177 e. The summed E-state index contributed by atoms with van der Waals surface area (Å²) in [4.78, 5) is 14.9. The highest BCUT2D eigenvalue weighted by Crippen LogP contribution is 2.23. The molecule has 0 fully saturated rings. The predicted octanol–water partition coefficient (Wildman–Crippen LogP) is 3.81. The first-order valence-corrected chi connectivity index (χ1v) is 7.45. The Kier molecular flexibility index (Phi) is 3.64. The van der Waals surface area contributed by atoms with Crippen LogP contribution < -0.4 is 0 Å². The number of nitrogens with zero attached hydrogens (tertiary/aromatic N) is 1. The van der Waals surface area contributed by atoms with Crippen LogP contribution in [-0.2, 0) is 13.1 Å². The molecule has 0 saturated carbocycles. The van der Waals surface area contributed by atoms with E-state index in [2.05, 4.69) is 48.2 Å². The number of Topliss-reactive ketones (excluding diaryl/α,β-unsaturated/α-hetero) is 1. The van der Waals surface area contributed by atoms with Crippen LogP contribution in [-0.4, -0.2) is 17.2 Å². The zero-order valence-electron chi connectivity index (χ0n) is 12.9. The average molecular weight is 279 g/mol. The normalized spacial score (nSPS) is 14.2. The molecule has 2 aromatic rings. The molecule has 0 atom stereocenters. The molecule has 0 spiro atoms. The van der Waals surface area contributed by atoms with E-state index >= 15 is 0 Å². The third-order valence-corrected chi connectivity index (χ3v) is 4.23. The van der Waals surface area contributed by atoms with Gasteiger partial charge in [0.2, 0.25) is 0 Å². The van der Waals surface area contributed by atoms with E-state index in [1.54, 1.807) is 0 Å². The molecule has 21 heavy (non-hydrogen) atoms. The first-order valence-electron chi connectivity index (χ1n) is 7.45. The van der Waals surface area contributed by atoms with Crippen molar-refractivity contribution in [1.82, 2.24) is 4.90 Å². The number of hydrogen-bond acceptors (Lipinski definition) is 2. The Hall–Kier alpha value is -1.93. The fourth-order valence-electron chi connectivity index (χ4n) is 3.42. The van der Waals surface area contributed by atoms with Crippen LogP contribution in [0.4, 0.5) is 0 Å². The molecule has 0 bridgehead atoms. The van der Waals surface area contributed by atoms with E-state index in [0.29, 0.717) is 6.54 Å². The lowest BCUT2D eigenvalue weighted by molar-refractivity contribution is 0.0928. The number of aryl methyl sites for hydroxylation is 3. The van der Waals surface area contributed by atoms with Crippen LogP contribution in [0, 0.1) is 20.8 Å². The molecule has 0 unspecified atom stereocenters. The van der Waals surface area contributed by atoms with Crippen LogP contribution in [0.2, 0.25) is 0 Å². The lowest BCUT2D eigenvalue weighted by atomic mass is 9.96. The van der Waals surface area contributed by atoms with Gasteiger partial charge < -0.3 is 0 Å². The zero-order valence-corrected chi connectivity index (χ0v) is 12.9. The highest BCUT2D eigenvalue weighted by Gasteiger charge is 2.22. The molecule has 2 heteroatoms. The number of carbonyl (C=O) groups excluding carboxylic acids is 1. The number of rotatable bonds is 3. The quantitative estimate of drug-likeness (QED) is 0.796. The van der Waals surface area contributed by atoms with Gasteiger partial charge in [-0.05, 0) is 43.0 Å². The topological polar surface area (TPSA) is 20.3 Å². The van der Waals surface area contributed by atoms with E-state index in [-0.39, 0.29) is 5.78 Å². The van der Waals surface area contributed by atoms with E-state index in [4.69, 9.17) is 0 Å². The Morgan fingerprint density at radius 1 is 1.00 bits per heavy atom. The minimum atomic E-state index is 0.234. The number of hydrogen-bond donors (Lipinski definition) is 0. The van der Waals surface area contributed by atoms with Crippen LogP contribution >= 0.6 is 0 Å². The van der Waals surface area contributed by atoms with Crippen molar-refractivity contribution in [3.8, 4) is 0 Å². The van der Waals surface area contributed by atoms with Gasteiger partial charge in [-0.2, -0.15) is 0 Å². The number of carbonyl (C=O) groups is 1. The summed E-state index contributed by atoms with van der Waals surface area (Å²) in [7, 11) is 0. The van der Waals surface area contributed by atoms with E-state index < -0.39 is 0 Å². The van der Waals surface area contributed by atoms with E-state index in [1.165, 1.54) is 16.7 Å². The van der Waals surface area contributed by atoms with Gasteiger partial charge in [-0.3, -0.25) is 9.69 Å². The summed E-state index contributed by atoms with van der Waals surface area (Å²) < 4.78 is 0. The SMILES string of the molecule is Cc1cc(C)c(C(=O)CN2Cc3ccccc3C2)c(C)c1. The molecule has 0 amide bonds. The van der Waals surface area contributed by atoms with E-state index in [9.17, 15) is 4.79 Å². The second-order valence-corrected chi connectivity index (χ2v) is 6.11. The highest BCUT2D eigenvalue weighted by molar-refractivity contribution is 6.00. The van der Waals surface area contributed by atoms with Gasteiger partial charge in [0.15, 0.2) is 5.78 Å². The van der Waals surface area contributed by atoms with Crippen LogP contribution in [0.1, 0.15) is 38.2 Å². The van der Waals surface area contributed by atoms with Gasteiger partial charge in [0.25, 0.3) is 0 Å². The second kappa shape index (κ2) is 5.45. The van der Waals surface area contributed by atoms with Gasteiger partial charge in [0.1, 0.15) is 0 Å². The fraction of sp³-hybridized carbons (Fsp3) is 0.316. The maximum atomic E-state index is 12.7. The van der Waals surface area contributed by atoms with Crippen molar-refractivity contribution in [3.05, 3.63) is 69.8 Å². The van der Waals surface area contributed by atoms with Crippen LogP contribution in [0.25, 0.3) is 0 Å². The number of benzene rings is 2. The molecular formula is C19H21NO. The third-order valence-electron chi connectivity index (χ3n) is 4.23. The molecular weight excluding hydrogens is 258 g/mol. The van der Waals surface area contributed by atoms with Gasteiger partial charge in [-0.15, -0.1) is 0 Å². The molecule has 0 radical (unpaired) electrons. The van der Waals surface area contributed by atoms with E-state index in [1.807, 2.05) is 13.8 Å². The first-order chi connectivity index (χ1) is 10.0. The monoisotopic (exact) mass is 279 g/mol. The van der Waals surface area contributed by atoms with Gasteiger partial charge in [0.05, 0.1) is 6.54 Å². The Morgan fingerprint density at radius 3 is 2.05 bits per heavy atom. The van der Waals surface area contributed by atoms with Crippen LogP contribution in [0.15, 0.2) is 36.4 Å². The molecule has 108 valence electrons. The molecule has 0 aliphatic carbocycles. The third kappa shape index (κ3) is 2.77. The summed E-state index contributed by atoms with van der Waals surface area (Å²) in [5, 5.41) is 0. The number of fused-ring (bicyclic) bond motifs is 1. The van der Waals surface area contributed by atoms with Gasteiger partial charge in [-0.1, -0.05) is 42.0 Å². The summed E-state index contributed by atoms with van der Waals surface area (Å²) in [5.41, 5.74) is 7.00. The molecule has 3 rings (SSSR count). The van der Waals surface area contributed by atoms with Gasteiger partial charge in [0, 0.05) is 18.7 Å². The minimum Gasteiger partial charge on any atom is -0.293 e. The Labute approximate surface area is 126 Å². The van der Waals surface area contributed by atoms with Gasteiger partial charge >= 0.3 is 0 Å². The first kappa shape index (κ1) is 14.0. The average Bonchev–Trinajstić information content (AvgIpc) is 2.79. The molecule has 2 nitrogen and oxygen atoms in total. The maximum absolute atomic E-state index is 12.7. The van der Waals surface area contributed by atoms with Crippen molar-refractivity contribution >= 4 is 5.78 Å². The standard InChI is InChI=1S/C19H21NO/c1-13-8-14(2)19(15(3)9-13)18(21)12-20-10-16-6-4-5-7-17(16)11-20/h4-9H,10-12H2,1-3H3. The van der Waals surface area contributed by atoms with Gasteiger partial charge in [-0.25, -0.2) is 0 Å². The number of ketones is 1. The molecule has 1 aliphatic heterocycles. The minimum absolute atomic E-state index is 0.234. The lowest BCUT2D eigenvalue weighted by Gasteiger charge is -2.16. The van der Waals surface area contributed by atoms with Crippen molar-refractivity contribution in [2.45, 2.75) is 33.9 Å². The largest absolute Gasteiger partial charge is 0.293 e. The molecule has 0 saturated heterocycles. The summed E-state index contributed by atoms with van der Waals surface area (Å²) in [6, 6.07) is 12.6. The van der Waals surface area contributed by atoms with Crippen molar-refractivity contribution < 1.29 is 4.79 Å². The molecule has 0 aromatic heterocycles. The van der Waals surface area contributed by atoms with Crippen molar-refractivity contribution in [1.29, 1.82) is 0 Å². The Bertz CT molecular complexity index is 654. The molecule has 0 N–H and O–H groups in total. The fourth-order valence-corrected chi connectivity index (χ4v) is 3.42. The Morgan fingerprint density at radius 2 is 1.52 bits per heavy atom. The molecule has 1 aliphatic rings. The Balaban J connectivity index is 1.77. The van der Waals surface area contributed by atoms with Crippen molar-refractivity contribution in [2.75, 3.05) is 6.54 Å². The van der Waals surface area contributed by atoms with Crippen molar-refractivity contribution in [3.63, 3.8) is 0 Å². The van der Waals surface area contributed by atoms with Crippen LogP contribution in [0.5, 0.6) is 0 Å². The van der Waals surface area contributed by atoms with E-state index in [0.717, 1.165) is 29.8 Å². The lowest BCUT2D eigenvalue weighted by Crippen LogP contribution is -2.25. The predicted molar refractivity (Wildman–Crippen MR) is 85.5 cm³/mol. The summed E-state index contributed by atoms with van der Waals surface area (Å²) in [6.07, 6.45) is 0. The zero-order chi connectivity index (χ0) is 15.0. The summed E-state index contributed by atoms with van der Waals surface area (Å²) >= 11 is 0.